The van der Waals surface area contributed by atoms with Crippen molar-refractivity contribution in [1.29, 1.82) is 0 Å². The molecule has 8 heteroatoms. The van der Waals surface area contributed by atoms with E-state index in [-0.39, 0.29) is 18.5 Å². The molecule has 1 N–H and O–H groups in total. The minimum atomic E-state index is -4.25. The molecule has 0 fully saturated rings. The molecule has 0 saturated heterocycles. The highest BCUT2D eigenvalue weighted by Gasteiger charge is 2.34. The lowest BCUT2D eigenvalue weighted by Gasteiger charge is -2.26. The van der Waals surface area contributed by atoms with Gasteiger partial charge in [-0.1, -0.05) is 24.3 Å². The molecule has 4 nitrogen and oxygen atoms in total. The third-order valence-electron chi connectivity index (χ3n) is 3.63. The quantitative estimate of drug-likeness (QED) is 0.865. The summed E-state index contributed by atoms with van der Waals surface area (Å²) in [6.45, 7) is 1.86. The Morgan fingerprint density at radius 2 is 1.96 bits per heavy atom. The fraction of sp³-hybridized carbons (Fsp3) is 0.400. The number of hydrogen-bond donors (Lipinski definition) is 1. The van der Waals surface area contributed by atoms with E-state index >= 15 is 0 Å². The SMILES string of the molecule is CNCc1ccc(-c2cn3c(n2)CN(SC(F)(F)F)CC3)cc1. The van der Waals surface area contributed by atoms with E-state index in [9.17, 15) is 13.2 Å². The normalized spacial score (nSPS) is 15.7. The number of benzene rings is 1. The molecule has 23 heavy (non-hydrogen) atoms. The minimum Gasteiger partial charge on any atom is -0.332 e. The highest BCUT2D eigenvalue weighted by molar-refractivity contribution is 7.97. The van der Waals surface area contributed by atoms with Gasteiger partial charge in [-0.3, -0.25) is 0 Å². The van der Waals surface area contributed by atoms with Gasteiger partial charge in [0.05, 0.1) is 12.2 Å². The Morgan fingerprint density at radius 1 is 1.22 bits per heavy atom. The van der Waals surface area contributed by atoms with E-state index in [0.29, 0.717) is 18.9 Å². The van der Waals surface area contributed by atoms with Crippen molar-refractivity contribution < 1.29 is 13.2 Å². The first-order chi connectivity index (χ1) is 10.9. The summed E-state index contributed by atoms with van der Waals surface area (Å²) in [5, 5.41) is 3.09. The van der Waals surface area contributed by atoms with Gasteiger partial charge < -0.3 is 9.88 Å². The van der Waals surface area contributed by atoms with E-state index in [0.717, 1.165) is 17.8 Å². The summed E-state index contributed by atoms with van der Waals surface area (Å²) >= 11 is -0.0732. The van der Waals surface area contributed by atoms with Gasteiger partial charge in [0.2, 0.25) is 0 Å². The van der Waals surface area contributed by atoms with Crippen LogP contribution in [0, 0.1) is 0 Å². The Balaban J connectivity index is 1.75. The zero-order valence-corrected chi connectivity index (χ0v) is 13.4. The molecular weight excluding hydrogens is 325 g/mol. The summed E-state index contributed by atoms with van der Waals surface area (Å²) in [5.74, 6) is 0.669. The Labute approximate surface area is 136 Å². The molecule has 1 aliphatic heterocycles. The third kappa shape index (κ3) is 4.07. The minimum absolute atomic E-state index is 0.0732. The van der Waals surface area contributed by atoms with E-state index in [2.05, 4.69) is 10.3 Å². The zero-order valence-electron chi connectivity index (χ0n) is 12.6. The molecule has 124 valence electrons. The lowest BCUT2D eigenvalue weighted by molar-refractivity contribution is -0.0367. The third-order valence-corrected chi connectivity index (χ3v) is 4.41. The summed E-state index contributed by atoms with van der Waals surface area (Å²) in [5.41, 5.74) is -1.30. The van der Waals surface area contributed by atoms with Crippen molar-refractivity contribution in [3.05, 3.63) is 41.9 Å². The lowest BCUT2D eigenvalue weighted by Crippen LogP contribution is -2.31. The average molecular weight is 342 g/mol. The van der Waals surface area contributed by atoms with Gasteiger partial charge in [0, 0.05) is 43.3 Å². The first-order valence-electron chi connectivity index (χ1n) is 7.25. The van der Waals surface area contributed by atoms with Crippen LogP contribution in [0.1, 0.15) is 11.4 Å². The van der Waals surface area contributed by atoms with Crippen LogP contribution in [0.25, 0.3) is 11.3 Å². The number of fused-ring (bicyclic) bond motifs is 1. The van der Waals surface area contributed by atoms with Crippen molar-refractivity contribution in [2.75, 3.05) is 13.6 Å². The molecule has 0 unspecified atom stereocenters. The van der Waals surface area contributed by atoms with Crippen LogP contribution in [0.2, 0.25) is 0 Å². The lowest BCUT2D eigenvalue weighted by atomic mass is 10.1. The van der Waals surface area contributed by atoms with Crippen LogP contribution in [-0.4, -0.2) is 33.0 Å². The molecule has 3 rings (SSSR count). The Hall–Kier alpha value is -1.51. The maximum atomic E-state index is 12.5. The number of aromatic nitrogens is 2. The predicted molar refractivity (Wildman–Crippen MR) is 84.5 cm³/mol. The van der Waals surface area contributed by atoms with Crippen molar-refractivity contribution in [1.82, 2.24) is 19.2 Å². The van der Waals surface area contributed by atoms with Gasteiger partial charge in [0.1, 0.15) is 5.82 Å². The molecule has 0 bridgehead atoms. The van der Waals surface area contributed by atoms with Gasteiger partial charge in [-0.2, -0.15) is 13.2 Å². The monoisotopic (exact) mass is 342 g/mol. The first-order valence-corrected chi connectivity index (χ1v) is 8.03. The Bertz CT molecular complexity index is 666. The van der Waals surface area contributed by atoms with Crippen molar-refractivity contribution in [2.24, 2.45) is 0 Å². The summed E-state index contributed by atoms with van der Waals surface area (Å²) < 4.78 is 40.7. The van der Waals surface area contributed by atoms with Crippen LogP contribution in [0.4, 0.5) is 13.2 Å². The van der Waals surface area contributed by atoms with Crippen LogP contribution >= 0.6 is 11.9 Å². The number of imidazole rings is 1. The molecule has 0 aliphatic carbocycles. The maximum absolute atomic E-state index is 12.5. The van der Waals surface area contributed by atoms with E-state index in [1.807, 2.05) is 42.1 Å². The highest BCUT2D eigenvalue weighted by Crippen LogP contribution is 2.35. The Kier molecular flexibility index (Phi) is 4.65. The van der Waals surface area contributed by atoms with Gasteiger partial charge in [-0.05, 0) is 12.6 Å². The largest absolute Gasteiger partial charge is 0.456 e. The zero-order chi connectivity index (χ0) is 16.4. The number of alkyl halides is 3. The number of nitrogens with zero attached hydrogens (tertiary/aromatic N) is 3. The molecule has 0 saturated carbocycles. The average Bonchev–Trinajstić information content (AvgIpc) is 2.90. The summed E-state index contributed by atoms with van der Waals surface area (Å²) in [7, 11) is 1.89. The standard InChI is InChI=1S/C15H17F3N4S/c1-19-8-11-2-4-12(5-3-11)13-9-21-6-7-22(10-14(21)20-13)23-15(16,17)18/h2-5,9,19H,6-8,10H2,1H3. The van der Waals surface area contributed by atoms with Crippen LogP contribution in [0.3, 0.4) is 0 Å². The second kappa shape index (κ2) is 6.54. The molecule has 0 radical (unpaired) electrons. The van der Waals surface area contributed by atoms with E-state index < -0.39 is 5.51 Å². The van der Waals surface area contributed by atoms with Crippen LogP contribution in [-0.2, 0) is 19.6 Å². The first kappa shape index (κ1) is 16.4. The molecule has 0 atom stereocenters. The fourth-order valence-electron chi connectivity index (χ4n) is 2.59. The van der Waals surface area contributed by atoms with Gasteiger partial charge in [0.25, 0.3) is 0 Å². The molecule has 2 heterocycles. The number of halogens is 3. The molecule has 0 spiro atoms. The van der Waals surface area contributed by atoms with Crippen molar-refractivity contribution in [3.8, 4) is 11.3 Å². The summed E-state index contributed by atoms with van der Waals surface area (Å²) in [4.78, 5) is 4.50. The molecular formula is C15H17F3N4S. The van der Waals surface area contributed by atoms with Crippen LogP contribution < -0.4 is 5.32 Å². The van der Waals surface area contributed by atoms with Crippen molar-refractivity contribution in [3.63, 3.8) is 0 Å². The Morgan fingerprint density at radius 3 is 2.61 bits per heavy atom. The second-order valence-electron chi connectivity index (χ2n) is 5.36. The molecule has 0 amide bonds. The van der Waals surface area contributed by atoms with E-state index in [1.54, 1.807) is 0 Å². The topological polar surface area (TPSA) is 33.1 Å². The molecule has 1 aliphatic rings. The molecule has 1 aromatic heterocycles. The van der Waals surface area contributed by atoms with Crippen LogP contribution in [0.15, 0.2) is 30.5 Å². The van der Waals surface area contributed by atoms with Gasteiger partial charge in [0.15, 0.2) is 0 Å². The van der Waals surface area contributed by atoms with Crippen molar-refractivity contribution >= 4 is 11.9 Å². The van der Waals surface area contributed by atoms with Gasteiger partial charge in [-0.25, -0.2) is 9.29 Å². The second-order valence-corrected chi connectivity index (χ2v) is 6.53. The maximum Gasteiger partial charge on any atom is 0.456 e. The fourth-order valence-corrected chi connectivity index (χ4v) is 3.24. The summed E-state index contributed by atoms with van der Waals surface area (Å²) in [6.07, 6.45) is 1.91. The molecule has 2 aromatic rings. The molecule has 1 aromatic carbocycles. The van der Waals surface area contributed by atoms with Gasteiger partial charge in [-0.15, -0.1) is 0 Å². The smallest absolute Gasteiger partial charge is 0.332 e. The van der Waals surface area contributed by atoms with E-state index in [4.69, 9.17) is 0 Å². The highest BCUT2D eigenvalue weighted by atomic mass is 32.2. The van der Waals surface area contributed by atoms with Crippen molar-refractivity contribution in [2.45, 2.75) is 25.1 Å². The summed E-state index contributed by atoms with van der Waals surface area (Å²) in [6, 6.07) is 8.03. The number of nitrogens with one attached hydrogen (secondary N) is 1. The number of rotatable bonds is 4. The predicted octanol–water partition coefficient (Wildman–Crippen LogP) is 3.25. The van der Waals surface area contributed by atoms with Crippen LogP contribution in [0.5, 0.6) is 0 Å². The number of hydrogen-bond acceptors (Lipinski definition) is 4. The van der Waals surface area contributed by atoms with Gasteiger partial charge >= 0.3 is 5.51 Å². The van der Waals surface area contributed by atoms with E-state index in [1.165, 1.54) is 9.87 Å².